The van der Waals surface area contributed by atoms with Crippen LogP contribution in [0.25, 0.3) is 10.4 Å². The molecular weight excluding hydrogens is 510 g/mol. The number of nitrogens with zero attached hydrogens (tertiary/aromatic N) is 3. The van der Waals surface area contributed by atoms with Gasteiger partial charge in [0.25, 0.3) is 0 Å². The number of aliphatic hydroxyl groups excluding tert-OH is 8. The molecule has 2 rings (SSSR count). The number of aliphatic hydroxyl groups is 8. The predicted molar refractivity (Wildman–Crippen MR) is 115 cm³/mol. The van der Waals surface area contributed by atoms with Crippen molar-refractivity contribution in [1.82, 2.24) is 5.43 Å². The van der Waals surface area contributed by atoms with Crippen molar-refractivity contribution in [3.63, 3.8) is 0 Å². The number of nitrogens with two attached hydrogens (primary N) is 1. The fourth-order valence-electron chi connectivity index (χ4n) is 3.11. The molecule has 0 aromatic heterocycles. The number of nitrogens with one attached hydrogen (secondary N) is 1. The van der Waals surface area contributed by atoms with Crippen LogP contribution in [0, 0.1) is 0 Å². The molecule has 2 amide bonds. The largest absolute Gasteiger partial charge is 0.394 e. The third-order valence-corrected chi connectivity index (χ3v) is 5.22. The Morgan fingerprint density at radius 3 is 1.62 bits per heavy atom. The molecule has 19 nitrogen and oxygen atoms in total. The number of hydrogen-bond acceptors (Lipinski definition) is 15. The van der Waals surface area contributed by atoms with Gasteiger partial charge in [0, 0.05) is 11.3 Å². The van der Waals surface area contributed by atoms with E-state index in [1.807, 2.05) is 5.43 Å². The molecule has 0 spiro atoms. The molecule has 0 aromatic rings. The van der Waals surface area contributed by atoms with Gasteiger partial charge in [0.2, 0.25) is 11.8 Å². The number of carbonyl (C=O) groups is 2. The third-order valence-electron chi connectivity index (χ3n) is 5.22. The Morgan fingerprint density at radius 1 is 0.811 bits per heavy atom. The number of ether oxygens (including phenoxy) is 4. The SMILES string of the molecule is NNC(=O)CCOC1OC(CO)C(O)C(O)C1O.[N-]=[N+]=NC(=O)CCOC1OC(CO)C(O)C(O)C1O. The molecule has 0 aromatic carbocycles. The van der Waals surface area contributed by atoms with Crippen molar-refractivity contribution in [2.45, 2.75) is 74.3 Å². The van der Waals surface area contributed by atoms with Crippen molar-refractivity contribution in [3.8, 4) is 0 Å². The van der Waals surface area contributed by atoms with Gasteiger partial charge in [-0.15, -0.1) is 0 Å². The fraction of sp³-hybridized carbons (Fsp3) is 0.889. The second kappa shape index (κ2) is 16.7. The molecule has 2 aliphatic heterocycles. The van der Waals surface area contributed by atoms with E-state index < -0.39 is 86.4 Å². The van der Waals surface area contributed by atoms with Gasteiger partial charge >= 0.3 is 0 Å². The summed E-state index contributed by atoms with van der Waals surface area (Å²) in [5, 5.41) is 77.7. The summed E-state index contributed by atoms with van der Waals surface area (Å²) >= 11 is 0. The highest BCUT2D eigenvalue weighted by molar-refractivity contribution is 5.76. The smallest absolute Gasteiger partial charge is 0.236 e. The van der Waals surface area contributed by atoms with Crippen LogP contribution in [0.1, 0.15) is 12.8 Å². The normalized spacial score (nSPS) is 35.5. The highest BCUT2D eigenvalue weighted by Gasteiger charge is 2.45. The number of azide groups is 1. The number of amides is 2. The van der Waals surface area contributed by atoms with Crippen LogP contribution in [-0.4, -0.2) is 141 Å². The number of carbonyl (C=O) groups excluding carboxylic acids is 2. The molecule has 2 aliphatic rings. The summed E-state index contributed by atoms with van der Waals surface area (Å²) < 4.78 is 20.1. The molecule has 0 aliphatic carbocycles. The molecule has 2 fully saturated rings. The van der Waals surface area contributed by atoms with E-state index in [0.29, 0.717) is 0 Å². The first kappa shape index (κ1) is 33.0. The molecule has 0 saturated carbocycles. The minimum absolute atomic E-state index is 0.0501. The van der Waals surface area contributed by atoms with E-state index >= 15 is 0 Å². The average Bonchev–Trinajstić information content (AvgIpc) is 2.89. The van der Waals surface area contributed by atoms with Crippen LogP contribution in [0.4, 0.5) is 0 Å². The number of hydrogen-bond donors (Lipinski definition) is 10. The minimum atomic E-state index is -1.54. The van der Waals surface area contributed by atoms with Crippen molar-refractivity contribution in [3.05, 3.63) is 10.4 Å². The number of rotatable bonds is 10. The average molecular weight is 543 g/mol. The van der Waals surface area contributed by atoms with E-state index in [9.17, 15) is 40.2 Å². The predicted octanol–water partition coefficient (Wildman–Crippen LogP) is -5.79. The zero-order chi connectivity index (χ0) is 28.1. The summed E-state index contributed by atoms with van der Waals surface area (Å²) in [5.74, 6) is 3.66. The van der Waals surface area contributed by atoms with Gasteiger partial charge in [-0.05, 0) is 10.6 Å². The van der Waals surface area contributed by atoms with Gasteiger partial charge in [-0.25, -0.2) is 5.84 Å². The van der Waals surface area contributed by atoms with Crippen LogP contribution < -0.4 is 11.3 Å². The summed E-state index contributed by atoms with van der Waals surface area (Å²) in [6, 6.07) is 0. The Balaban J connectivity index is 0.000000371. The van der Waals surface area contributed by atoms with E-state index in [1.54, 1.807) is 0 Å². The van der Waals surface area contributed by atoms with E-state index in [2.05, 4.69) is 10.0 Å². The molecule has 2 heterocycles. The Kier molecular flexibility index (Phi) is 14.9. The molecule has 10 unspecified atom stereocenters. The lowest BCUT2D eigenvalue weighted by molar-refractivity contribution is -0.300. The van der Waals surface area contributed by atoms with Gasteiger partial charge in [-0.1, -0.05) is 0 Å². The Hall–Kier alpha value is -2.07. The highest BCUT2D eigenvalue weighted by Crippen LogP contribution is 2.23. The summed E-state index contributed by atoms with van der Waals surface area (Å²) in [4.78, 5) is 24.0. The summed E-state index contributed by atoms with van der Waals surface area (Å²) in [7, 11) is 0. The molecule has 0 bridgehead atoms. The van der Waals surface area contributed by atoms with Gasteiger partial charge in [-0.2, -0.15) is 0 Å². The van der Waals surface area contributed by atoms with E-state index in [1.165, 1.54) is 0 Å². The zero-order valence-corrected chi connectivity index (χ0v) is 19.5. The lowest BCUT2D eigenvalue weighted by Crippen LogP contribution is -2.59. The summed E-state index contributed by atoms with van der Waals surface area (Å²) in [5.41, 5.74) is 9.90. The van der Waals surface area contributed by atoms with E-state index in [0.717, 1.165) is 0 Å². The number of hydrazine groups is 1. The van der Waals surface area contributed by atoms with Crippen LogP contribution >= 0.6 is 0 Å². The van der Waals surface area contributed by atoms with Crippen molar-refractivity contribution in [2.75, 3.05) is 26.4 Å². The van der Waals surface area contributed by atoms with Crippen molar-refractivity contribution < 1.29 is 69.4 Å². The van der Waals surface area contributed by atoms with Crippen LogP contribution in [-0.2, 0) is 28.5 Å². The Bertz CT molecular complexity index is 754. The van der Waals surface area contributed by atoms with Crippen molar-refractivity contribution in [2.24, 2.45) is 11.0 Å². The molecule has 0 radical (unpaired) electrons. The summed E-state index contributed by atoms with van der Waals surface area (Å²) in [6.07, 6.45) is -13.8. The fourth-order valence-corrected chi connectivity index (χ4v) is 3.11. The van der Waals surface area contributed by atoms with E-state index in [-0.39, 0.29) is 26.1 Å². The first-order chi connectivity index (χ1) is 17.5. The van der Waals surface area contributed by atoms with Gasteiger partial charge in [0.05, 0.1) is 32.8 Å². The zero-order valence-electron chi connectivity index (χ0n) is 19.5. The maximum absolute atomic E-state index is 10.9. The first-order valence-electron chi connectivity index (χ1n) is 10.9. The maximum atomic E-state index is 10.9. The second-order valence-corrected chi connectivity index (χ2v) is 7.79. The van der Waals surface area contributed by atoms with Crippen LogP contribution in [0.3, 0.4) is 0 Å². The Labute approximate surface area is 209 Å². The monoisotopic (exact) mass is 543 g/mol. The lowest BCUT2D eigenvalue weighted by Gasteiger charge is -2.39. The second-order valence-electron chi connectivity index (χ2n) is 7.79. The minimum Gasteiger partial charge on any atom is -0.394 e. The highest BCUT2D eigenvalue weighted by atomic mass is 16.7. The molecule has 214 valence electrons. The standard InChI is InChI=1S/C9H15N3O7.C9H18N2O7/c10-12-11-5(14)1-2-18-9-8(17)7(16)6(15)4(3-13)19-9;10-11-5(13)1-2-17-9-8(16)7(15)6(14)4(3-12)18-9/h4,6-9,13,15-17H,1-3H2;4,6-9,12,14-16H,1-3,10H2,(H,11,13). The first-order valence-corrected chi connectivity index (χ1v) is 10.9. The van der Waals surface area contributed by atoms with Gasteiger partial charge in [0.15, 0.2) is 12.6 Å². The van der Waals surface area contributed by atoms with Gasteiger partial charge in [-0.3, -0.25) is 15.0 Å². The van der Waals surface area contributed by atoms with Crippen LogP contribution in [0.5, 0.6) is 0 Å². The molecule has 19 heteroatoms. The maximum Gasteiger partial charge on any atom is 0.236 e. The Morgan fingerprint density at radius 2 is 1.24 bits per heavy atom. The lowest BCUT2D eigenvalue weighted by atomic mass is 9.99. The van der Waals surface area contributed by atoms with Crippen molar-refractivity contribution in [1.29, 1.82) is 0 Å². The van der Waals surface area contributed by atoms with Crippen LogP contribution in [0.2, 0.25) is 0 Å². The molecule has 2 saturated heterocycles. The topological polar surface area (TPSA) is 320 Å². The van der Waals surface area contributed by atoms with Crippen molar-refractivity contribution >= 4 is 11.8 Å². The molecular formula is C18H33N5O14. The van der Waals surface area contributed by atoms with Crippen LogP contribution in [0.15, 0.2) is 5.11 Å². The summed E-state index contributed by atoms with van der Waals surface area (Å²) in [6.45, 7) is -1.40. The van der Waals surface area contributed by atoms with Gasteiger partial charge < -0.3 is 59.8 Å². The quantitative estimate of drug-likeness (QED) is 0.0306. The molecule has 11 N–H and O–H groups in total. The van der Waals surface area contributed by atoms with E-state index in [4.69, 9.17) is 40.5 Å². The third kappa shape index (κ3) is 9.96. The molecule has 37 heavy (non-hydrogen) atoms. The van der Waals surface area contributed by atoms with Gasteiger partial charge in [0.1, 0.15) is 48.8 Å². The molecule has 10 atom stereocenters.